The summed E-state index contributed by atoms with van der Waals surface area (Å²) in [7, 11) is -3.62. The number of rotatable bonds is 5. The molecule has 1 N–H and O–H groups in total. The van der Waals surface area contributed by atoms with E-state index >= 15 is 0 Å². The molecule has 1 atom stereocenters. The van der Waals surface area contributed by atoms with Crippen molar-refractivity contribution in [3.8, 4) is 0 Å². The normalized spacial score (nSPS) is 14.1. The van der Waals surface area contributed by atoms with Gasteiger partial charge in [-0.1, -0.05) is 38.8 Å². The molecular formula is C10H11Br2NO5S. The summed E-state index contributed by atoms with van der Waals surface area (Å²) >= 11 is 5.92. The number of benzene rings is 1. The molecule has 0 amide bonds. The van der Waals surface area contributed by atoms with Gasteiger partial charge in [0.25, 0.3) is 5.69 Å². The third kappa shape index (κ3) is 3.33. The third-order valence-corrected chi connectivity index (χ3v) is 8.17. The maximum Gasteiger partial charge on any atom is 0.269 e. The lowest BCUT2D eigenvalue weighted by Crippen LogP contribution is -2.33. The van der Waals surface area contributed by atoms with E-state index < -0.39 is 23.4 Å². The molecular weight excluding hydrogens is 406 g/mol. The first-order valence-electron chi connectivity index (χ1n) is 5.16. The van der Waals surface area contributed by atoms with Crippen molar-refractivity contribution in [3.05, 3.63) is 39.9 Å². The average molecular weight is 417 g/mol. The molecule has 0 spiro atoms. The van der Waals surface area contributed by atoms with E-state index in [4.69, 9.17) is 0 Å². The number of aliphatic hydroxyl groups is 1. The molecule has 0 aliphatic heterocycles. The monoisotopic (exact) mass is 415 g/mol. The second-order valence-corrected chi connectivity index (χ2v) is 10.8. The van der Waals surface area contributed by atoms with E-state index in [9.17, 15) is 23.6 Å². The molecule has 0 heterocycles. The summed E-state index contributed by atoms with van der Waals surface area (Å²) < 4.78 is 22.0. The molecule has 0 saturated heterocycles. The van der Waals surface area contributed by atoms with Crippen LogP contribution >= 0.6 is 31.9 Å². The van der Waals surface area contributed by atoms with Crippen molar-refractivity contribution >= 4 is 47.4 Å². The number of hydrogen-bond donors (Lipinski definition) is 1. The Morgan fingerprint density at radius 1 is 1.37 bits per heavy atom. The van der Waals surface area contributed by atoms with Gasteiger partial charge in [-0.15, -0.1) is 0 Å². The van der Waals surface area contributed by atoms with Crippen LogP contribution in [0.5, 0.6) is 0 Å². The van der Waals surface area contributed by atoms with Gasteiger partial charge in [0.15, 0.2) is 9.84 Å². The predicted octanol–water partition coefficient (Wildman–Crippen LogP) is 2.51. The lowest BCUT2D eigenvalue weighted by molar-refractivity contribution is -0.384. The van der Waals surface area contributed by atoms with Crippen LogP contribution in [0.2, 0.25) is 0 Å². The topological polar surface area (TPSA) is 97.5 Å². The molecule has 1 aromatic carbocycles. The van der Waals surface area contributed by atoms with Gasteiger partial charge in [0.05, 0.1) is 4.92 Å². The molecule has 0 radical (unpaired) electrons. The highest BCUT2D eigenvalue weighted by Gasteiger charge is 2.45. The Hall–Kier alpha value is -0.510. The van der Waals surface area contributed by atoms with E-state index in [1.54, 1.807) is 0 Å². The first-order valence-corrected chi connectivity index (χ1v) is 8.40. The highest BCUT2D eigenvalue weighted by Crippen LogP contribution is 2.44. The van der Waals surface area contributed by atoms with Gasteiger partial charge in [0, 0.05) is 17.9 Å². The first-order chi connectivity index (χ1) is 8.63. The molecule has 6 nitrogen and oxygen atoms in total. The Labute approximate surface area is 127 Å². The van der Waals surface area contributed by atoms with E-state index in [1.165, 1.54) is 31.2 Å². The molecule has 0 aliphatic rings. The Morgan fingerprint density at radius 2 is 1.84 bits per heavy atom. The van der Waals surface area contributed by atoms with Gasteiger partial charge in [-0.05, 0) is 17.7 Å². The maximum atomic E-state index is 11.8. The van der Waals surface area contributed by atoms with Crippen LogP contribution in [0, 0.1) is 10.1 Å². The summed E-state index contributed by atoms with van der Waals surface area (Å²) in [4.78, 5) is 9.94. The molecule has 0 aromatic heterocycles. The van der Waals surface area contributed by atoms with Crippen LogP contribution in [0.15, 0.2) is 24.3 Å². The molecule has 0 bridgehead atoms. The van der Waals surface area contributed by atoms with Gasteiger partial charge in [-0.2, -0.15) is 0 Å². The lowest BCUT2D eigenvalue weighted by Gasteiger charge is -2.26. The summed E-state index contributed by atoms with van der Waals surface area (Å²) in [5, 5.41) is 20.6. The first kappa shape index (κ1) is 16.5. The highest BCUT2D eigenvalue weighted by molar-refractivity contribution is 9.28. The standard InChI is InChI=1S/C10H11Br2NO5S/c1-2-19(17,18)10(11,12)9(14)7-3-5-8(6-4-7)13(15)16/h3-6,9,14H,2H2,1H3/t9-/m1/s1. The molecule has 0 unspecified atom stereocenters. The van der Waals surface area contributed by atoms with Crippen molar-refractivity contribution in [3.63, 3.8) is 0 Å². The number of non-ortho nitro benzene ring substituents is 1. The zero-order chi connectivity index (χ0) is 14.8. The number of halogens is 2. The van der Waals surface area contributed by atoms with Crippen molar-refractivity contribution < 1.29 is 18.4 Å². The highest BCUT2D eigenvalue weighted by atomic mass is 79.9. The number of alkyl halides is 2. The Balaban J connectivity index is 3.13. The molecule has 0 saturated carbocycles. The fraction of sp³-hybridized carbons (Fsp3) is 0.400. The van der Waals surface area contributed by atoms with Crippen molar-refractivity contribution in [1.82, 2.24) is 0 Å². The van der Waals surface area contributed by atoms with Crippen LogP contribution in [0.3, 0.4) is 0 Å². The summed E-state index contributed by atoms with van der Waals surface area (Å²) in [5.74, 6) is -0.173. The van der Waals surface area contributed by atoms with Crippen molar-refractivity contribution in [2.24, 2.45) is 0 Å². The van der Waals surface area contributed by atoms with Crippen molar-refractivity contribution in [1.29, 1.82) is 0 Å². The molecule has 0 aliphatic carbocycles. The Morgan fingerprint density at radius 3 is 2.21 bits per heavy atom. The van der Waals surface area contributed by atoms with Gasteiger partial charge in [-0.3, -0.25) is 10.1 Å². The number of nitro benzene ring substituents is 1. The number of nitrogens with zero attached hydrogens (tertiary/aromatic N) is 1. The molecule has 106 valence electrons. The van der Waals surface area contributed by atoms with E-state index in [1.807, 2.05) is 0 Å². The quantitative estimate of drug-likeness (QED) is 0.451. The summed E-state index contributed by atoms with van der Waals surface area (Å²) in [6, 6.07) is 5.02. The summed E-state index contributed by atoms with van der Waals surface area (Å²) in [6.07, 6.45) is -1.40. The number of aliphatic hydroxyl groups excluding tert-OH is 1. The van der Waals surface area contributed by atoms with Gasteiger partial charge in [-0.25, -0.2) is 8.42 Å². The summed E-state index contributed by atoms with van der Waals surface area (Å²) in [5.41, 5.74) is 0.111. The molecule has 1 aromatic rings. The smallest absolute Gasteiger partial charge is 0.269 e. The van der Waals surface area contributed by atoms with Crippen molar-refractivity contribution in [2.75, 3.05) is 5.75 Å². The fourth-order valence-corrected chi connectivity index (χ4v) is 4.10. The minimum Gasteiger partial charge on any atom is -0.385 e. The molecule has 19 heavy (non-hydrogen) atoms. The van der Waals surface area contributed by atoms with Crippen LogP contribution < -0.4 is 0 Å². The summed E-state index contributed by atoms with van der Waals surface area (Å²) in [6.45, 7) is 1.45. The minimum absolute atomic E-state index is 0.135. The molecule has 1 rings (SSSR count). The van der Waals surface area contributed by atoms with Gasteiger partial charge >= 0.3 is 0 Å². The van der Waals surface area contributed by atoms with Gasteiger partial charge < -0.3 is 5.11 Å². The zero-order valence-electron chi connectivity index (χ0n) is 9.79. The number of nitro groups is 1. The zero-order valence-corrected chi connectivity index (χ0v) is 13.8. The maximum absolute atomic E-state index is 11.8. The fourth-order valence-electron chi connectivity index (χ4n) is 1.33. The Bertz CT molecular complexity index is 570. The third-order valence-electron chi connectivity index (χ3n) is 2.53. The minimum atomic E-state index is -3.62. The predicted molar refractivity (Wildman–Crippen MR) is 78.1 cm³/mol. The van der Waals surface area contributed by atoms with Gasteiger partial charge in [0.1, 0.15) is 6.10 Å². The van der Waals surface area contributed by atoms with Crippen molar-refractivity contribution in [2.45, 2.75) is 15.6 Å². The van der Waals surface area contributed by atoms with Crippen LogP contribution in [0.4, 0.5) is 5.69 Å². The van der Waals surface area contributed by atoms with Crippen LogP contribution in [-0.4, -0.2) is 26.8 Å². The SMILES string of the molecule is CCS(=O)(=O)C(Br)(Br)[C@H](O)c1ccc([N+](=O)[O-])cc1. The second kappa shape index (κ2) is 5.86. The van der Waals surface area contributed by atoms with Gasteiger partial charge in [0.2, 0.25) is 2.57 Å². The second-order valence-electron chi connectivity index (χ2n) is 3.72. The van der Waals surface area contributed by atoms with E-state index in [0.29, 0.717) is 0 Å². The lowest BCUT2D eigenvalue weighted by atomic mass is 10.1. The van der Waals surface area contributed by atoms with Crippen LogP contribution in [-0.2, 0) is 9.84 Å². The average Bonchev–Trinajstić information content (AvgIpc) is 2.37. The largest absolute Gasteiger partial charge is 0.385 e. The molecule has 9 heteroatoms. The Kier molecular flexibility index (Phi) is 5.10. The van der Waals surface area contributed by atoms with E-state index in [2.05, 4.69) is 31.9 Å². The van der Waals surface area contributed by atoms with E-state index in [0.717, 1.165) is 0 Å². The van der Waals surface area contributed by atoms with E-state index in [-0.39, 0.29) is 17.0 Å². The van der Waals surface area contributed by atoms with Crippen LogP contribution in [0.25, 0.3) is 0 Å². The van der Waals surface area contributed by atoms with Crippen LogP contribution in [0.1, 0.15) is 18.6 Å². The number of sulfone groups is 1. The molecule has 0 fully saturated rings. The number of hydrogen-bond acceptors (Lipinski definition) is 5.